The van der Waals surface area contributed by atoms with Crippen LogP contribution in [0.15, 0.2) is 40.7 Å². The lowest BCUT2D eigenvalue weighted by Crippen LogP contribution is -2.51. The Balaban J connectivity index is 0.707. The minimum atomic E-state index is -2.26. The van der Waals surface area contributed by atoms with Crippen LogP contribution in [0.4, 0.5) is 9.59 Å². The first-order chi connectivity index (χ1) is 34.8. The van der Waals surface area contributed by atoms with Crippen molar-refractivity contribution in [3.8, 4) is 17.1 Å². The zero-order valence-electron chi connectivity index (χ0n) is 45.2. The smallest absolute Gasteiger partial charge is 0.458 e. The normalized spacial score (nSPS) is 28.5. The highest BCUT2D eigenvalue weighted by atomic mass is 33.1. The van der Waals surface area contributed by atoms with Crippen molar-refractivity contribution >= 4 is 59.1 Å². The van der Waals surface area contributed by atoms with Gasteiger partial charge in [0, 0.05) is 34.4 Å². The van der Waals surface area contributed by atoms with Gasteiger partial charge < -0.3 is 32.7 Å². The Labute approximate surface area is 442 Å². The molecule has 15 heteroatoms. The van der Waals surface area contributed by atoms with Gasteiger partial charge in [0.2, 0.25) is 0 Å². The number of fused-ring (bicyclic) bond motifs is 10. The number of carbonyl (C=O) groups excluding carboxylic acids is 3. The van der Waals surface area contributed by atoms with Crippen LogP contribution in [0.2, 0.25) is 19.6 Å². The quantitative estimate of drug-likeness (QED) is 0.0178. The van der Waals surface area contributed by atoms with Crippen LogP contribution in [0.5, 0.6) is 5.75 Å². The van der Waals surface area contributed by atoms with E-state index in [1.165, 1.54) is 67.7 Å². The third kappa shape index (κ3) is 10.6. The number of benzene rings is 1. The van der Waals surface area contributed by atoms with E-state index in [0.717, 1.165) is 71.3 Å². The van der Waals surface area contributed by atoms with Crippen LogP contribution in [0.3, 0.4) is 0 Å². The van der Waals surface area contributed by atoms with Gasteiger partial charge in [-0.3, -0.25) is 4.79 Å². The first-order valence-corrected chi connectivity index (χ1v) is 33.4. The van der Waals surface area contributed by atoms with Gasteiger partial charge in [0.05, 0.1) is 29.0 Å². The number of hydrogen-bond acceptors (Lipinski definition) is 13. The molecule has 6 aliphatic rings. The number of aromatic nitrogens is 2. The molecule has 4 aliphatic carbocycles. The minimum Gasteiger partial charge on any atom is -0.458 e. The van der Waals surface area contributed by atoms with Gasteiger partial charge in [-0.1, -0.05) is 101 Å². The topological polar surface area (TPSA) is 141 Å². The van der Waals surface area contributed by atoms with Crippen molar-refractivity contribution in [3.63, 3.8) is 0 Å². The molecule has 3 saturated carbocycles. The molecular weight excluding hydrogens is 977 g/mol. The van der Waals surface area contributed by atoms with E-state index in [1.807, 2.05) is 39.6 Å². The Bertz CT molecular complexity index is 2680. The van der Waals surface area contributed by atoms with Crippen LogP contribution in [0.25, 0.3) is 22.3 Å². The van der Waals surface area contributed by atoms with Crippen molar-refractivity contribution in [2.24, 2.45) is 46.3 Å². The summed E-state index contributed by atoms with van der Waals surface area (Å²) in [7, 11) is 0.809. The van der Waals surface area contributed by atoms with E-state index in [1.54, 1.807) is 33.6 Å². The summed E-state index contributed by atoms with van der Waals surface area (Å²) in [6, 6.07) is 7.20. The van der Waals surface area contributed by atoms with Crippen LogP contribution in [-0.4, -0.2) is 67.0 Å². The fourth-order valence-electron chi connectivity index (χ4n) is 14.8. The fraction of sp³-hybridized carbons (Fsp3) is 0.672. The summed E-state index contributed by atoms with van der Waals surface area (Å²) < 4.78 is 36.3. The molecule has 4 heterocycles. The molecule has 0 amide bonds. The first-order valence-electron chi connectivity index (χ1n) is 27.5. The number of carbonyl (C=O) groups is 3. The summed E-state index contributed by atoms with van der Waals surface area (Å²) in [5.41, 5.74) is 5.57. The van der Waals surface area contributed by atoms with Gasteiger partial charge in [0.15, 0.2) is 13.9 Å². The molecule has 2 aromatic heterocycles. The second-order valence-electron chi connectivity index (χ2n) is 23.9. The Morgan fingerprint density at radius 1 is 0.918 bits per heavy atom. The molecule has 9 atom stereocenters. The average molecular weight is 1060 g/mol. The highest BCUT2D eigenvalue weighted by Crippen LogP contribution is 2.67. The summed E-state index contributed by atoms with van der Waals surface area (Å²) in [4.78, 5) is 58.2. The van der Waals surface area contributed by atoms with E-state index in [4.69, 9.17) is 33.1 Å². The van der Waals surface area contributed by atoms with E-state index in [9.17, 15) is 19.2 Å². The Morgan fingerprint density at radius 2 is 1.67 bits per heavy atom. The third-order valence-corrected chi connectivity index (χ3v) is 21.5. The molecule has 0 radical (unpaired) electrons. The molecule has 12 nitrogen and oxygen atoms in total. The number of nitrogens with zero attached hydrogens (tertiary/aromatic N) is 2. The molecule has 3 aromatic rings. The average Bonchev–Trinajstić information content (AvgIpc) is 3.90. The van der Waals surface area contributed by atoms with Gasteiger partial charge in [-0.15, -0.1) is 0 Å². The Kier molecular flexibility index (Phi) is 16.0. The summed E-state index contributed by atoms with van der Waals surface area (Å²) >= 11 is 0. The minimum absolute atomic E-state index is 0.101. The van der Waals surface area contributed by atoms with Crippen molar-refractivity contribution in [1.29, 1.82) is 0 Å². The lowest BCUT2D eigenvalue weighted by Gasteiger charge is -2.58. The van der Waals surface area contributed by atoms with E-state index in [0.29, 0.717) is 70.1 Å². The fourth-order valence-corrected chi connectivity index (χ4v) is 17.8. The monoisotopic (exact) mass is 1060 g/mol. The molecule has 0 unspecified atom stereocenters. The molecule has 398 valence electrons. The lowest BCUT2D eigenvalue weighted by atomic mass is 9.47. The van der Waals surface area contributed by atoms with Crippen LogP contribution >= 0.6 is 21.6 Å². The number of ether oxygens (including phenoxy) is 5. The maximum absolute atomic E-state index is 14.1. The molecule has 9 rings (SSSR count). The SMILES string of the molecule is CCc1c2c(nc3ccc(OC(=O)OCCSSCCOC(=O)O[C@H]4CC[C@@]5(C)C(=CC[C@H]6[C@@H]7CC[C@H]([C@H](C)CCCC(C)C)[C@@]7(C)CC[C@@H]65)C4)cc13)-c1cc3c(c(=O)n1C2)COC(=O)[C@@]3(CC)O[Si](C)(C)C. The number of cyclic esters (lactones) is 1. The van der Waals surface area contributed by atoms with Crippen molar-refractivity contribution < 1.29 is 42.5 Å². The summed E-state index contributed by atoms with van der Waals surface area (Å²) in [6.45, 7) is 23.0. The van der Waals surface area contributed by atoms with Crippen LogP contribution in [0.1, 0.15) is 148 Å². The second-order valence-corrected chi connectivity index (χ2v) is 31.1. The molecule has 0 N–H and O–H groups in total. The molecule has 0 bridgehead atoms. The maximum Gasteiger partial charge on any atom is 0.513 e. The summed E-state index contributed by atoms with van der Waals surface area (Å²) in [5, 5.41) is 0.821. The van der Waals surface area contributed by atoms with Gasteiger partial charge in [-0.25, -0.2) is 19.4 Å². The van der Waals surface area contributed by atoms with Gasteiger partial charge in [-0.05, 0) is 154 Å². The van der Waals surface area contributed by atoms with Crippen LogP contribution in [-0.2, 0) is 53.3 Å². The molecule has 73 heavy (non-hydrogen) atoms. The van der Waals surface area contributed by atoms with Crippen LogP contribution in [0, 0.1) is 46.3 Å². The number of allylic oxidation sites excluding steroid dienone is 1. The number of aryl methyl sites for hydroxylation is 1. The largest absolute Gasteiger partial charge is 0.513 e. The highest BCUT2D eigenvalue weighted by molar-refractivity contribution is 8.76. The van der Waals surface area contributed by atoms with Crippen molar-refractivity contribution in [3.05, 3.63) is 68.5 Å². The zero-order valence-corrected chi connectivity index (χ0v) is 47.8. The van der Waals surface area contributed by atoms with Crippen molar-refractivity contribution in [1.82, 2.24) is 9.55 Å². The van der Waals surface area contributed by atoms with Crippen molar-refractivity contribution in [2.75, 3.05) is 24.7 Å². The van der Waals surface area contributed by atoms with Gasteiger partial charge in [0.25, 0.3) is 5.56 Å². The Morgan fingerprint density at radius 3 is 2.38 bits per heavy atom. The standard InChI is InChI=1S/C58H80N2O10S2Si/c1-11-40-42-31-38(17-21-49(42)59-51-43(40)33-60-50(51)32-48-44(52(60)61)34-67-53(62)58(48,12-2)70-73(8,9)10)68-54(63)65-26-28-71-72-29-27-66-55(64)69-39-22-24-56(6)37(30-39)16-18-41-46-20-19-45(36(5)15-13-14-35(3)4)57(46,7)25-23-47(41)56/h16-17,21,31-32,35-36,39,41,45-47H,11-15,18-20,22-30,33-34H2,1-10H3/t36-,39+,41+,45-,46+,47+,56+,57-,58+/m1/s1. The predicted octanol–water partition coefficient (Wildman–Crippen LogP) is 14.0. The van der Waals surface area contributed by atoms with E-state index in [2.05, 4.69) is 40.7 Å². The van der Waals surface area contributed by atoms with E-state index < -0.39 is 32.2 Å². The van der Waals surface area contributed by atoms with Gasteiger partial charge in [0.1, 0.15) is 31.7 Å². The first kappa shape index (κ1) is 54.0. The molecule has 3 fully saturated rings. The third-order valence-electron chi connectivity index (χ3n) is 18.2. The lowest BCUT2D eigenvalue weighted by molar-refractivity contribution is -0.169. The van der Waals surface area contributed by atoms with E-state index >= 15 is 0 Å². The predicted molar refractivity (Wildman–Crippen MR) is 292 cm³/mol. The zero-order chi connectivity index (χ0) is 52.0. The number of hydrogen-bond donors (Lipinski definition) is 0. The second kappa shape index (κ2) is 21.7. The Hall–Kier alpha value is -3.79. The summed E-state index contributed by atoms with van der Waals surface area (Å²) in [5.74, 6) is 5.78. The molecule has 1 aromatic carbocycles. The number of rotatable bonds is 18. The number of pyridine rings is 2. The van der Waals surface area contributed by atoms with Crippen LogP contribution < -0.4 is 10.3 Å². The summed E-state index contributed by atoms with van der Waals surface area (Å²) in [6.07, 6.45) is 15.5. The molecule has 0 spiro atoms. The molecule has 0 saturated heterocycles. The maximum atomic E-state index is 14.1. The van der Waals surface area contributed by atoms with Gasteiger partial charge >= 0.3 is 18.3 Å². The van der Waals surface area contributed by atoms with E-state index in [-0.39, 0.29) is 36.9 Å². The van der Waals surface area contributed by atoms with Gasteiger partial charge in [-0.2, -0.15) is 0 Å². The molecule has 2 aliphatic heterocycles. The number of esters is 1. The van der Waals surface area contributed by atoms with Crippen molar-refractivity contribution in [2.45, 2.75) is 176 Å². The highest BCUT2D eigenvalue weighted by Gasteiger charge is 2.59. The molecular formula is C58H80N2O10S2Si.